The van der Waals surface area contributed by atoms with Gasteiger partial charge in [-0.2, -0.15) is 28.1 Å². The van der Waals surface area contributed by atoms with Crippen LogP contribution in [-0.2, 0) is 11.0 Å². The lowest BCUT2D eigenvalue weighted by molar-refractivity contribution is -0.141. The van der Waals surface area contributed by atoms with E-state index >= 15 is 0 Å². The summed E-state index contributed by atoms with van der Waals surface area (Å²) in [7, 11) is 0. The number of benzene rings is 2. The average molecular weight is 462 g/mol. The van der Waals surface area contributed by atoms with Gasteiger partial charge in [0.2, 0.25) is 5.88 Å². The third kappa shape index (κ3) is 4.75. The SMILES string of the molecule is O=C(COc1cc(C(F)(F)F)nn1-c1ccccc1Cl)Nc1ccc(-n2cccn2)cc1. The Morgan fingerprint density at radius 3 is 2.50 bits per heavy atom. The minimum Gasteiger partial charge on any atom is -0.467 e. The van der Waals surface area contributed by atoms with E-state index in [9.17, 15) is 18.0 Å². The molecule has 4 aromatic rings. The van der Waals surface area contributed by atoms with Crippen molar-refractivity contribution < 1.29 is 22.7 Å². The average Bonchev–Trinajstić information content (AvgIpc) is 3.43. The molecule has 0 radical (unpaired) electrons. The fourth-order valence-electron chi connectivity index (χ4n) is 2.86. The number of amides is 1. The molecule has 164 valence electrons. The van der Waals surface area contributed by atoms with Gasteiger partial charge in [-0.1, -0.05) is 23.7 Å². The van der Waals surface area contributed by atoms with Crippen LogP contribution in [0.15, 0.2) is 73.1 Å². The van der Waals surface area contributed by atoms with Crippen LogP contribution in [0.5, 0.6) is 5.88 Å². The maximum atomic E-state index is 13.2. The predicted octanol–water partition coefficient (Wildman–Crippen LogP) is 4.75. The molecule has 0 aliphatic rings. The van der Waals surface area contributed by atoms with E-state index in [0.29, 0.717) is 5.69 Å². The number of hydrogen-bond acceptors (Lipinski definition) is 4. The summed E-state index contributed by atoms with van der Waals surface area (Å²) in [6.07, 6.45) is -1.27. The van der Waals surface area contributed by atoms with Crippen LogP contribution in [0, 0.1) is 0 Å². The number of para-hydroxylation sites is 1. The molecule has 0 saturated heterocycles. The number of alkyl halides is 3. The largest absolute Gasteiger partial charge is 0.467 e. The third-order valence-electron chi connectivity index (χ3n) is 4.32. The first-order valence-corrected chi connectivity index (χ1v) is 9.64. The van der Waals surface area contributed by atoms with E-state index in [-0.39, 0.29) is 16.6 Å². The highest BCUT2D eigenvalue weighted by Crippen LogP contribution is 2.33. The molecule has 0 unspecified atom stereocenters. The molecule has 4 rings (SSSR count). The van der Waals surface area contributed by atoms with Crippen LogP contribution in [0.1, 0.15) is 5.69 Å². The highest BCUT2D eigenvalue weighted by atomic mass is 35.5. The number of halogens is 4. The van der Waals surface area contributed by atoms with Crippen molar-refractivity contribution in [3.05, 3.63) is 83.8 Å². The molecule has 0 saturated carbocycles. The van der Waals surface area contributed by atoms with Crippen LogP contribution in [0.4, 0.5) is 18.9 Å². The number of nitrogens with one attached hydrogen (secondary N) is 1. The number of rotatable bonds is 6. The van der Waals surface area contributed by atoms with Gasteiger partial charge >= 0.3 is 6.18 Å². The van der Waals surface area contributed by atoms with Gasteiger partial charge in [-0.05, 0) is 42.5 Å². The Hall–Kier alpha value is -3.79. The highest BCUT2D eigenvalue weighted by molar-refractivity contribution is 6.32. The fourth-order valence-corrected chi connectivity index (χ4v) is 3.07. The van der Waals surface area contributed by atoms with Gasteiger partial charge in [0, 0.05) is 24.1 Å². The molecule has 2 aromatic carbocycles. The summed E-state index contributed by atoms with van der Waals surface area (Å²) >= 11 is 6.09. The molecule has 0 atom stereocenters. The summed E-state index contributed by atoms with van der Waals surface area (Å²) < 4.78 is 47.4. The number of carbonyl (C=O) groups is 1. The summed E-state index contributed by atoms with van der Waals surface area (Å²) in [5.41, 5.74) is 0.314. The zero-order chi connectivity index (χ0) is 22.7. The molecule has 0 bridgehead atoms. The lowest BCUT2D eigenvalue weighted by Gasteiger charge is -2.11. The molecule has 0 aliphatic heterocycles. The van der Waals surface area contributed by atoms with Crippen LogP contribution in [0.3, 0.4) is 0 Å². The fraction of sp³-hybridized carbons (Fsp3) is 0.0952. The minimum atomic E-state index is -4.69. The van der Waals surface area contributed by atoms with Gasteiger partial charge in [-0.15, -0.1) is 0 Å². The molecule has 0 spiro atoms. The number of ether oxygens (including phenoxy) is 1. The summed E-state index contributed by atoms with van der Waals surface area (Å²) in [5.74, 6) is -0.827. The Kier molecular flexibility index (Phi) is 5.87. The Labute approximate surface area is 185 Å². The Bertz CT molecular complexity index is 1220. The summed E-state index contributed by atoms with van der Waals surface area (Å²) in [5, 5.41) is 10.5. The van der Waals surface area contributed by atoms with Crippen molar-refractivity contribution >= 4 is 23.2 Å². The lowest BCUT2D eigenvalue weighted by Crippen LogP contribution is -2.21. The number of aromatic nitrogens is 4. The number of nitrogens with zero attached hydrogens (tertiary/aromatic N) is 4. The molecule has 2 heterocycles. The predicted molar refractivity (Wildman–Crippen MR) is 111 cm³/mol. The van der Waals surface area contributed by atoms with Gasteiger partial charge in [0.15, 0.2) is 12.3 Å². The number of carbonyl (C=O) groups excluding carboxylic acids is 1. The van der Waals surface area contributed by atoms with Crippen molar-refractivity contribution in [2.45, 2.75) is 6.18 Å². The van der Waals surface area contributed by atoms with Crippen LogP contribution in [0.2, 0.25) is 5.02 Å². The van der Waals surface area contributed by atoms with Crippen LogP contribution >= 0.6 is 11.6 Å². The van der Waals surface area contributed by atoms with E-state index < -0.39 is 24.4 Å². The first-order chi connectivity index (χ1) is 15.3. The Balaban J connectivity index is 1.47. The van der Waals surface area contributed by atoms with E-state index in [4.69, 9.17) is 16.3 Å². The number of anilines is 1. The summed E-state index contributed by atoms with van der Waals surface area (Å²) in [6, 6.07) is 15.6. The minimum absolute atomic E-state index is 0.177. The molecule has 1 N–H and O–H groups in total. The Morgan fingerprint density at radius 2 is 1.84 bits per heavy atom. The molecular formula is C21H15ClF3N5O2. The van der Waals surface area contributed by atoms with Crippen molar-refractivity contribution in [1.29, 1.82) is 0 Å². The summed E-state index contributed by atoms with van der Waals surface area (Å²) in [6.45, 7) is -0.533. The van der Waals surface area contributed by atoms with Gasteiger partial charge in [0.25, 0.3) is 5.91 Å². The van der Waals surface area contributed by atoms with E-state index in [1.807, 2.05) is 0 Å². The molecule has 0 aliphatic carbocycles. The van der Waals surface area contributed by atoms with Gasteiger partial charge in [-0.25, -0.2) is 4.68 Å². The topological polar surface area (TPSA) is 74.0 Å². The zero-order valence-corrected chi connectivity index (χ0v) is 17.0. The lowest BCUT2D eigenvalue weighted by atomic mass is 10.3. The molecule has 0 fully saturated rings. The van der Waals surface area contributed by atoms with Crippen molar-refractivity contribution in [1.82, 2.24) is 19.6 Å². The second-order valence-corrected chi connectivity index (χ2v) is 6.97. The maximum absolute atomic E-state index is 13.2. The normalized spacial score (nSPS) is 11.4. The molecule has 11 heteroatoms. The summed E-state index contributed by atoms with van der Waals surface area (Å²) in [4.78, 5) is 12.3. The molecule has 7 nitrogen and oxygen atoms in total. The van der Waals surface area contributed by atoms with E-state index in [1.54, 1.807) is 59.5 Å². The van der Waals surface area contributed by atoms with Crippen LogP contribution < -0.4 is 10.1 Å². The van der Waals surface area contributed by atoms with Gasteiger partial charge in [0.1, 0.15) is 0 Å². The van der Waals surface area contributed by atoms with E-state index in [2.05, 4.69) is 15.5 Å². The van der Waals surface area contributed by atoms with Gasteiger partial charge in [0.05, 0.1) is 16.4 Å². The monoisotopic (exact) mass is 461 g/mol. The van der Waals surface area contributed by atoms with Crippen LogP contribution in [-0.4, -0.2) is 32.1 Å². The zero-order valence-electron chi connectivity index (χ0n) is 16.3. The second-order valence-electron chi connectivity index (χ2n) is 6.56. The Morgan fingerprint density at radius 1 is 1.09 bits per heavy atom. The highest BCUT2D eigenvalue weighted by Gasteiger charge is 2.36. The first kappa shape index (κ1) is 21.4. The van der Waals surface area contributed by atoms with Crippen molar-refractivity contribution in [3.8, 4) is 17.3 Å². The van der Waals surface area contributed by atoms with E-state index in [0.717, 1.165) is 16.4 Å². The second kappa shape index (κ2) is 8.75. The molecule has 1 amide bonds. The van der Waals surface area contributed by atoms with Gasteiger partial charge in [-0.3, -0.25) is 4.79 Å². The van der Waals surface area contributed by atoms with Crippen molar-refractivity contribution in [2.24, 2.45) is 0 Å². The number of hydrogen-bond donors (Lipinski definition) is 1. The smallest absolute Gasteiger partial charge is 0.435 e. The quantitative estimate of drug-likeness (QED) is 0.450. The maximum Gasteiger partial charge on any atom is 0.435 e. The van der Waals surface area contributed by atoms with Crippen molar-refractivity contribution in [2.75, 3.05) is 11.9 Å². The van der Waals surface area contributed by atoms with Gasteiger partial charge < -0.3 is 10.1 Å². The molecular weight excluding hydrogens is 447 g/mol. The molecule has 2 aromatic heterocycles. The standard InChI is InChI=1S/C21H15ClF3N5O2/c22-16-4-1-2-5-17(16)30-20(12-18(28-30)21(23,24)25)32-13-19(31)27-14-6-8-15(9-7-14)29-11-3-10-26-29/h1-12H,13H2,(H,27,31). The first-order valence-electron chi connectivity index (χ1n) is 9.26. The van der Waals surface area contributed by atoms with Crippen molar-refractivity contribution in [3.63, 3.8) is 0 Å². The van der Waals surface area contributed by atoms with Crippen LogP contribution in [0.25, 0.3) is 11.4 Å². The third-order valence-corrected chi connectivity index (χ3v) is 4.64. The molecule has 32 heavy (non-hydrogen) atoms. The van der Waals surface area contributed by atoms with E-state index in [1.165, 1.54) is 12.1 Å².